The van der Waals surface area contributed by atoms with Crippen molar-refractivity contribution in [2.75, 3.05) is 5.32 Å². The molecule has 0 aliphatic rings. The summed E-state index contributed by atoms with van der Waals surface area (Å²) in [6, 6.07) is 0.359. The highest BCUT2D eigenvalue weighted by Crippen LogP contribution is 2.19. The first kappa shape index (κ1) is 16.3. The molecule has 0 spiro atoms. The van der Waals surface area contributed by atoms with Crippen LogP contribution < -0.4 is 10.6 Å². The SMILES string of the molecule is CCC(C)(C)NC(=O)C(C)Nc1cc(F)c(F)cc1F. The van der Waals surface area contributed by atoms with Crippen LogP contribution >= 0.6 is 0 Å². The van der Waals surface area contributed by atoms with Gasteiger partial charge in [0, 0.05) is 17.7 Å². The molecule has 0 bridgehead atoms. The molecule has 112 valence electrons. The van der Waals surface area contributed by atoms with Gasteiger partial charge in [0.25, 0.3) is 0 Å². The molecule has 0 radical (unpaired) electrons. The second-order valence-electron chi connectivity index (χ2n) is 5.34. The zero-order chi connectivity index (χ0) is 15.5. The minimum absolute atomic E-state index is 0.249. The van der Waals surface area contributed by atoms with Crippen LogP contribution in [0.4, 0.5) is 18.9 Å². The molecule has 6 heteroatoms. The van der Waals surface area contributed by atoms with E-state index in [1.54, 1.807) is 0 Å². The number of rotatable bonds is 5. The summed E-state index contributed by atoms with van der Waals surface area (Å²) in [5.41, 5.74) is -0.638. The van der Waals surface area contributed by atoms with Crippen LogP contribution in [-0.2, 0) is 4.79 Å². The maximum atomic E-state index is 13.5. The normalized spacial score (nSPS) is 12.9. The molecule has 0 saturated carbocycles. The Labute approximate surface area is 116 Å². The van der Waals surface area contributed by atoms with Crippen molar-refractivity contribution < 1.29 is 18.0 Å². The molecule has 20 heavy (non-hydrogen) atoms. The number of carbonyl (C=O) groups excluding carboxylic acids is 1. The number of carbonyl (C=O) groups is 1. The Morgan fingerprint density at radius 1 is 1.20 bits per heavy atom. The number of benzene rings is 1. The number of amides is 1. The Balaban J connectivity index is 2.78. The van der Waals surface area contributed by atoms with Gasteiger partial charge in [0.1, 0.15) is 11.9 Å². The van der Waals surface area contributed by atoms with E-state index in [0.29, 0.717) is 12.1 Å². The Morgan fingerprint density at radius 3 is 2.30 bits per heavy atom. The van der Waals surface area contributed by atoms with Crippen molar-refractivity contribution in [1.82, 2.24) is 5.32 Å². The van der Waals surface area contributed by atoms with E-state index in [-0.39, 0.29) is 17.1 Å². The topological polar surface area (TPSA) is 41.1 Å². The third-order valence-electron chi connectivity index (χ3n) is 3.12. The highest BCUT2D eigenvalue weighted by molar-refractivity contribution is 5.84. The van der Waals surface area contributed by atoms with Gasteiger partial charge in [-0.25, -0.2) is 13.2 Å². The third kappa shape index (κ3) is 4.15. The standard InChI is InChI=1S/C14H19F3N2O/c1-5-14(3,4)19-13(20)8(2)18-12-7-10(16)9(15)6-11(12)17/h6-8,18H,5H2,1-4H3,(H,19,20). The molecule has 0 heterocycles. The molecule has 1 atom stereocenters. The maximum Gasteiger partial charge on any atom is 0.242 e. The predicted molar refractivity (Wildman–Crippen MR) is 71.9 cm³/mol. The van der Waals surface area contributed by atoms with Crippen molar-refractivity contribution in [2.24, 2.45) is 0 Å². The molecule has 1 rings (SSSR count). The number of nitrogens with one attached hydrogen (secondary N) is 2. The predicted octanol–water partition coefficient (Wildman–Crippen LogP) is 3.21. The second-order valence-corrected chi connectivity index (χ2v) is 5.34. The lowest BCUT2D eigenvalue weighted by atomic mass is 10.0. The average Bonchev–Trinajstić information content (AvgIpc) is 2.35. The van der Waals surface area contributed by atoms with Gasteiger partial charge in [0.05, 0.1) is 5.69 Å². The van der Waals surface area contributed by atoms with Gasteiger partial charge >= 0.3 is 0 Å². The van der Waals surface area contributed by atoms with Crippen molar-refractivity contribution in [3.63, 3.8) is 0 Å². The molecule has 0 aromatic heterocycles. The molecule has 0 fully saturated rings. The molecule has 3 nitrogen and oxygen atoms in total. The summed E-state index contributed by atoms with van der Waals surface area (Å²) in [6.45, 7) is 7.15. The smallest absolute Gasteiger partial charge is 0.242 e. The number of halogens is 3. The van der Waals surface area contributed by atoms with Gasteiger partial charge in [-0.05, 0) is 27.2 Å². The number of hydrogen-bond donors (Lipinski definition) is 2. The van der Waals surface area contributed by atoms with Gasteiger partial charge in [0.2, 0.25) is 5.91 Å². The van der Waals surface area contributed by atoms with E-state index in [2.05, 4.69) is 10.6 Å². The molecule has 1 amide bonds. The quantitative estimate of drug-likeness (QED) is 0.817. The van der Waals surface area contributed by atoms with Crippen LogP contribution in [0.15, 0.2) is 12.1 Å². The van der Waals surface area contributed by atoms with Crippen molar-refractivity contribution in [3.05, 3.63) is 29.6 Å². The molecule has 0 aliphatic carbocycles. The van der Waals surface area contributed by atoms with E-state index in [1.807, 2.05) is 20.8 Å². The largest absolute Gasteiger partial charge is 0.371 e. The summed E-state index contributed by atoms with van der Waals surface area (Å²) in [4.78, 5) is 11.9. The minimum atomic E-state index is -1.27. The van der Waals surface area contributed by atoms with Crippen LogP contribution in [0.3, 0.4) is 0 Å². The summed E-state index contributed by atoms with van der Waals surface area (Å²) in [5, 5.41) is 5.31. The Hall–Kier alpha value is -1.72. The fraction of sp³-hybridized carbons (Fsp3) is 0.500. The van der Waals surface area contributed by atoms with E-state index in [4.69, 9.17) is 0 Å². The van der Waals surface area contributed by atoms with E-state index in [0.717, 1.165) is 6.42 Å². The Kier molecular flexibility index (Phi) is 5.03. The molecule has 1 unspecified atom stereocenters. The average molecular weight is 288 g/mol. The molecule has 2 N–H and O–H groups in total. The first-order valence-corrected chi connectivity index (χ1v) is 6.39. The van der Waals surface area contributed by atoms with Crippen LogP contribution in [0.5, 0.6) is 0 Å². The first-order valence-electron chi connectivity index (χ1n) is 6.39. The van der Waals surface area contributed by atoms with Crippen LogP contribution in [0.25, 0.3) is 0 Å². The fourth-order valence-corrected chi connectivity index (χ4v) is 1.46. The van der Waals surface area contributed by atoms with Crippen molar-refractivity contribution in [1.29, 1.82) is 0 Å². The van der Waals surface area contributed by atoms with Gasteiger partial charge in [-0.15, -0.1) is 0 Å². The molecule has 1 aromatic carbocycles. The first-order chi connectivity index (χ1) is 9.16. The zero-order valence-electron chi connectivity index (χ0n) is 12.0. The Morgan fingerprint density at radius 2 is 1.75 bits per heavy atom. The van der Waals surface area contributed by atoms with E-state index < -0.39 is 23.5 Å². The minimum Gasteiger partial charge on any atom is -0.371 e. The lowest BCUT2D eigenvalue weighted by molar-refractivity contribution is -0.123. The molecule has 0 aliphatic heterocycles. The molecule has 0 saturated heterocycles. The summed E-state index contributed by atoms with van der Waals surface area (Å²) in [6.07, 6.45) is 0.727. The third-order valence-corrected chi connectivity index (χ3v) is 3.12. The lowest BCUT2D eigenvalue weighted by Crippen LogP contribution is -2.48. The molecular weight excluding hydrogens is 269 g/mol. The van der Waals surface area contributed by atoms with Gasteiger partial charge in [-0.3, -0.25) is 4.79 Å². The van der Waals surface area contributed by atoms with Crippen LogP contribution in [0.1, 0.15) is 34.1 Å². The summed E-state index contributed by atoms with van der Waals surface area (Å²) >= 11 is 0. The van der Waals surface area contributed by atoms with Crippen LogP contribution in [0, 0.1) is 17.5 Å². The number of hydrogen-bond acceptors (Lipinski definition) is 2. The molecular formula is C14H19F3N2O. The Bertz CT molecular complexity index is 503. The van der Waals surface area contributed by atoms with Crippen molar-refractivity contribution in [3.8, 4) is 0 Å². The van der Waals surface area contributed by atoms with E-state index >= 15 is 0 Å². The van der Waals surface area contributed by atoms with E-state index in [1.165, 1.54) is 6.92 Å². The van der Waals surface area contributed by atoms with Crippen molar-refractivity contribution in [2.45, 2.75) is 45.7 Å². The fourth-order valence-electron chi connectivity index (χ4n) is 1.46. The monoisotopic (exact) mass is 288 g/mol. The van der Waals surface area contributed by atoms with Crippen molar-refractivity contribution >= 4 is 11.6 Å². The summed E-state index contributed by atoms with van der Waals surface area (Å²) < 4.78 is 39.3. The maximum absolute atomic E-state index is 13.5. The van der Waals surface area contributed by atoms with Crippen LogP contribution in [0.2, 0.25) is 0 Å². The van der Waals surface area contributed by atoms with E-state index in [9.17, 15) is 18.0 Å². The van der Waals surface area contributed by atoms with Gasteiger partial charge in [-0.1, -0.05) is 6.92 Å². The lowest BCUT2D eigenvalue weighted by Gasteiger charge is -2.27. The summed E-state index contributed by atoms with van der Waals surface area (Å²) in [5.74, 6) is -3.73. The summed E-state index contributed by atoms with van der Waals surface area (Å²) in [7, 11) is 0. The van der Waals surface area contributed by atoms with Crippen LogP contribution in [-0.4, -0.2) is 17.5 Å². The second kappa shape index (κ2) is 6.15. The zero-order valence-corrected chi connectivity index (χ0v) is 12.0. The molecule has 1 aromatic rings. The highest BCUT2D eigenvalue weighted by Gasteiger charge is 2.22. The number of anilines is 1. The van der Waals surface area contributed by atoms with Gasteiger partial charge < -0.3 is 10.6 Å². The highest BCUT2D eigenvalue weighted by atomic mass is 19.2. The van der Waals surface area contributed by atoms with Gasteiger partial charge in [-0.2, -0.15) is 0 Å². The van der Waals surface area contributed by atoms with Gasteiger partial charge in [0.15, 0.2) is 11.6 Å².